The summed E-state index contributed by atoms with van der Waals surface area (Å²) in [5.74, 6) is 1.92. The minimum atomic E-state index is 1.04. The maximum absolute atomic E-state index is 7.97. The van der Waals surface area contributed by atoms with Gasteiger partial charge in [0.05, 0.1) is 0 Å². The minimum Gasteiger partial charge on any atom is -0.185 e. The fourth-order valence-electron chi connectivity index (χ4n) is 0.214. The predicted molar refractivity (Wildman–Crippen MR) is 32.4 cm³/mol. The van der Waals surface area contributed by atoms with Crippen LogP contribution in [0.1, 0.15) is 19.8 Å². The molecule has 39 valence electrons. The van der Waals surface area contributed by atoms with Gasteiger partial charge in [0.15, 0.2) is 0 Å². The van der Waals surface area contributed by atoms with E-state index in [4.69, 9.17) is 5.26 Å². The summed E-state index contributed by atoms with van der Waals surface area (Å²) in [6, 6.07) is 0. The predicted octanol–water partition coefficient (Wildman–Crippen LogP) is 2.16. The monoisotopic (exact) mass is 114 g/mol. The molecule has 0 rings (SSSR count). The van der Waals surface area contributed by atoms with E-state index in [0.717, 1.165) is 12.8 Å². The van der Waals surface area contributed by atoms with E-state index in [1.54, 1.807) is 0 Å². The van der Waals surface area contributed by atoms with Crippen LogP contribution in [0, 0.1) is 16.4 Å². The lowest BCUT2D eigenvalue weighted by Crippen LogP contribution is -1.62. The zero-order chi connectivity index (χ0) is 5.54. The Morgan fingerprint density at radius 2 is 2.57 bits per heavy atom. The van der Waals surface area contributed by atoms with Crippen LogP contribution in [0.15, 0.2) is 0 Å². The van der Waals surface area contributed by atoms with Crippen molar-refractivity contribution < 1.29 is 0 Å². The number of unbranched alkanes of at least 4 members (excludes halogenated alkanes) is 1. The zero-order valence-electron chi connectivity index (χ0n) is 4.35. The maximum atomic E-state index is 7.97. The second-order valence-electron chi connectivity index (χ2n) is 1.16. The van der Waals surface area contributed by atoms with Crippen molar-refractivity contribution in [2.75, 3.05) is 0 Å². The molecule has 2 heteroatoms. The third-order valence-corrected chi connectivity index (χ3v) is 1.05. The van der Waals surface area contributed by atoms with Gasteiger partial charge in [0.25, 0.3) is 0 Å². The Morgan fingerprint density at radius 1 is 1.86 bits per heavy atom. The highest BCUT2D eigenvalue weighted by molar-refractivity contribution is 8.05. The van der Waals surface area contributed by atoms with Gasteiger partial charge in [0.2, 0.25) is 0 Å². The van der Waals surface area contributed by atoms with Gasteiger partial charge in [0.1, 0.15) is 5.40 Å². The normalized spacial score (nSPS) is 8.00. The average Bonchev–Trinajstić information content (AvgIpc) is 1.69. The molecule has 0 unspecified atom stereocenters. The molecule has 0 aliphatic rings. The van der Waals surface area contributed by atoms with Crippen LogP contribution in [0.2, 0.25) is 0 Å². The van der Waals surface area contributed by atoms with Crippen molar-refractivity contribution in [2.45, 2.75) is 19.8 Å². The Hall–Kier alpha value is -0.160. The molecule has 1 radical (unpaired) electrons. The van der Waals surface area contributed by atoms with Gasteiger partial charge in [-0.1, -0.05) is 13.3 Å². The van der Waals surface area contributed by atoms with Crippen LogP contribution in [0.25, 0.3) is 0 Å². The van der Waals surface area contributed by atoms with E-state index in [9.17, 15) is 0 Å². The summed E-state index contributed by atoms with van der Waals surface area (Å²) in [5, 5.41) is 9.94. The van der Waals surface area contributed by atoms with Crippen LogP contribution in [0.4, 0.5) is 0 Å². The zero-order valence-corrected chi connectivity index (χ0v) is 5.16. The largest absolute Gasteiger partial charge is 0.185 e. The van der Waals surface area contributed by atoms with Crippen molar-refractivity contribution in [2.24, 2.45) is 0 Å². The topological polar surface area (TPSA) is 23.8 Å². The number of nitrogens with zero attached hydrogens (tertiary/aromatic N) is 1. The van der Waals surface area contributed by atoms with E-state index in [1.807, 2.05) is 11.2 Å². The highest BCUT2D eigenvalue weighted by Gasteiger charge is 1.81. The van der Waals surface area contributed by atoms with E-state index in [0.29, 0.717) is 0 Å². The van der Waals surface area contributed by atoms with Crippen molar-refractivity contribution in [3.63, 3.8) is 0 Å². The van der Waals surface area contributed by atoms with Crippen molar-refractivity contribution in [1.29, 1.82) is 5.26 Å². The van der Waals surface area contributed by atoms with E-state index in [1.165, 1.54) is 11.8 Å². The van der Waals surface area contributed by atoms with Crippen molar-refractivity contribution in [1.82, 2.24) is 0 Å². The molecule has 0 aromatic carbocycles. The molecule has 0 aliphatic heterocycles. The van der Waals surface area contributed by atoms with E-state index >= 15 is 0 Å². The summed E-state index contributed by atoms with van der Waals surface area (Å²) in [5.41, 5.74) is 0. The Morgan fingerprint density at radius 3 is 3.00 bits per heavy atom. The van der Waals surface area contributed by atoms with Crippen LogP contribution < -0.4 is 0 Å². The molecule has 7 heavy (non-hydrogen) atoms. The Kier molecular flexibility index (Phi) is 5.71. The molecule has 0 spiro atoms. The summed E-state index contributed by atoms with van der Waals surface area (Å²) < 4.78 is 0. The van der Waals surface area contributed by atoms with E-state index < -0.39 is 0 Å². The molecule has 0 fully saturated rings. The standard InChI is InChI=1S/C5H8NS/c1-2-3-4-7-5-6/h4H,2-3H2,1H3. The first-order valence-electron chi connectivity index (χ1n) is 2.28. The Balaban J connectivity index is 2.60. The number of hydrogen-bond acceptors (Lipinski definition) is 2. The SMILES string of the molecule is CCC[CH]SC#N. The number of thiocyanates is 1. The second-order valence-corrected chi connectivity index (χ2v) is 1.92. The Bertz CT molecular complexity index is 65.0. The number of rotatable bonds is 3. The maximum Gasteiger partial charge on any atom is 0.133 e. The van der Waals surface area contributed by atoms with Crippen LogP contribution >= 0.6 is 11.8 Å². The first-order valence-corrected chi connectivity index (χ1v) is 3.16. The highest BCUT2D eigenvalue weighted by atomic mass is 32.2. The van der Waals surface area contributed by atoms with Crippen LogP contribution in [0.5, 0.6) is 0 Å². The smallest absolute Gasteiger partial charge is 0.133 e. The molecule has 0 heterocycles. The molecule has 0 saturated heterocycles. The summed E-state index contributed by atoms with van der Waals surface area (Å²) in [7, 11) is 0. The molecule has 0 N–H and O–H groups in total. The van der Waals surface area contributed by atoms with Gasteiger partial charge in [-0.25, -0.2) is 0 Å². The molecule has 0 aromatic heterocycles. The molecule has 0 atom stereocenters. The summed E-state index contributed by atoms with van der Waals surface area (Å²) in [6.45, 7) is 2.09. The van der Waals surface area contributed by atoms with Gasteiger partial charge in [-0.15, -0.1) is 0 Å². The summed E-state index contributed by atoms with van der Waals surface area (Å²) in [4.78, 5) is 0. The molecule has 0 aliphatic carbocycles. The van der Waals surface area contributed by atoms with E-state index in [2.05, 4.69) is 6.92 Å². The molecule has 0 aromatic rings. The van der Waals surface area contributed by atoms with Crippen molar-refractivity contribution in [3.05, 3.63) is 5.75 Å². The van der Waals surface area contributed by atoms with Gasteiger partial charge >= 0.3 is 0 Å². The molecule has 0 amide bonds. The number of nitriles is 1. The van der Waals surface area contributed by atoms with Crippen molar-refractivity contribution in [3.8, 4) is 5.40 Å². The quantitative estimate of drug-likeness (QED) is 0.414. The molecule has 0 bridgehead atoms. The number of hydrogen-bond donors (Lipinski definition) is 0. The summed E-state index contributed by atoms with van der Waals surface area (Å²) >= 11 is 1.21. The highest BCUT2D eigenvalue weighted by Crippen LogP contribution is 2.06. The van der Waals surface area contributed by atoms with Crippen LogP contribution in [0.3, 0.4) is 0 Å². The molecular formula is C5H8NS. The van der Waals surface area contributed by atoms with Crippen LogP contribution in [-0.2, 0) is 0 Å². The van der Waals surface area contributed by atoms with Gasteiger partial charge in [-0.05, 0) is 18.2 Å². The fraction of sp³-hybridized carbons (Fsp3) is 0.600. The minimum absolute atomic E-state index is 1.04. The van der Waals surface area contributed by atoms with E-state index in [-0.39, 0.29) is 0 Å². The van der Waals surface area contributed by atoms with Gasteiger partial charge in [-0.3, -0.25) is 0 Å². The van der Waals surface area contributed by atoms with Gasteiger partial charge < -0.3 is 0 Å². The lowest BCUT2D eigenvalue weighted by atomic mass is 10.4. The average molecular weight is 114 g/mol. The Labute approximate surface area is 48.7 Å². The fourth-order valence-corrected chi connectivity index (χ4v) is 0.642. The first kappa shape index (κ1) is 6.84. The molecule has 1 nitrogen and oxygen atoms in total. The third kappa shape index (κ3) is 5.84. The first-order chi connectivity index (χ1) is 3.41. The lowest BCUT2D eigenvalue weighted by molar-refractivity contribution is 0.945. The second kappa shape index (κ2) is 5.84. The number of thioether (sulfide) groups is 1. The molecule has 0 saturated carbocycles. The van der Waals surface area contributed by atoms with Crippen LogP contribution in [-0.4, -0.2) is 0 Å². The lowest BCUT2D eigenvalue weighted by Gasteiger charge is -1.83. The van der Waals surface area contributed by atoms with Gasteiger partial charge in [-0.2, -0.15) is 5.26 Å². The van der Waals surface area contributed by atoms with Gasteiger partial charge in [0, 0.05) is 5.75 Å². The third-order valence-electron chi connectivity index (χ3n) is 0.543. The molecular weight excluding hydrogens is 106 g/mol. The summed E-state index contributed by atoms with van der Waals surface area (Å²) in [6.07, 6.45) is 2.17. The van der Waals surface area contributed by atoms with Crippen molar-refractivity contribution >= 4 is 11.8 Å².